The molecule has 0 atom stereocenters. The van der Waals surface area contributed by atoms with E-state index in [2.05, 4.69) is 4.72 Å². The lowest BCUT2D eigenvalue weighted by Crippen LogP contribution is -2.35. The van der Waals surface area contributed by atoms with Crippen molar-refractivity contribution in [1.29, 1.82) is 0 Å². The molecular formula is C20H24N2O4S. The SMILES string of the molecule is COc1ccc(S(=O)(=O)Nc2ccc(N3CCCCC3=O)c(C)c2)c(C)c1. The van der Waals surface area contributed by atoms with Crippen LogP contribution in [0.25, 0.3) is 0 Å². The minimum Gasteiger partial charge on any atom is -0.497 e. The van der Waals surface area contributed by atoms with Crippen molar-refractivity contribution >= 4 is 27.3 Å². The molecule has 0 bridgehead atoms. The molecule has 1 fully saturated rings. The Kier molecular flexibility index (Phi) is 5.41. The molecule has 2 aromatic rings. The smallest absolute Gasteiger partial charge is 0.262 e. The lowest BCUT2D eigenvalue weighted by atomic mass is 10.1. The van der Waals surface area contributed by atoms with Gasteiger partial charge in [0.2, 0.25) is 5.91 Å². The van der Waals surface area contributed by atoms with E-state index in [1.807, 2.05) is 6.92 Å². The molecule has 2 aromatic carbocycles. The zero-order valence-corrected chi connectivity index (χ0v) is 16.6. The van der Waals surface area contributed by atoms with Crippen LogP contribution in [0.1, 0.15) is 30.4 Å². The number of hydrogen-bond donors (Lipinski definition) is 1. The number of nitrogens with zero attached hydrogens (tertiary/aromatic N) is 1. The van der Waals surface area contributed by atoms with Crippen LogP contribution in [-0.2, 0) is 14.8 Å². The van der Waals surface area contributed by atoms with Gasteiger partial charge in [-0.3, -0.25) is 9.52 Å². The van der Waals surface area contributed by atoms with Crippen molar-refractivity contribution in [2.45, 2.75) is 38.0 Å². The van der Waals surface area contributed by atoms with Crippen LogP contribution in [0.15, 0.2) is 41.3 Å². The van der Waals surface area contributed by atoms with Crippen LogP contribution in [0.3, 0.4) is 0 Å². The van der Waals surface area contributed by atoms with Crippen molar-refractivity contribution in [2.24, 2.45) is 0 Å². The number of piperidine rings is 1. The van der Waals surface area contributed by atoms with Gasteiger partial charge in [0, 0.05) is 24.3 Å². The van der Waals surface area contributed by atoms with Crippen LogP contribution in [0.4, 0.5) is 11.4 Å². The van der Waals surface area contributed by atoms with E-state index in [9.17, 15) is 13.2 Å². The highest BCUT2D eigenvalue weighted by atomic mass is 32.2. The third-order valence-electron chi connectivity index (χ3n) is 4.73. The Morgan fingerprint density at radius 3 is 2.44 bits per heavy atom. The average Bonchev–Trinajstić information content (AvgIpc) is 2.62. The van der Waals surface area contributed by atoms with Crippen molar-refractivity contribution in [3.63, 3.8) is 0 Å². The standard InChI is InChI=1S/C20H24N2O4S/c1-14-12-16(7-9-18(14)22-11-5-4-6-20(22)23)21-27(24,25)19-10-8-17(26-3)13-15(19)2/h7-10,12-13,21H,4-6,11H2,1-3H3. The van der Waals surface area contributed by atoms with Gasteiger partial charge in [-0.15, -0.1) is 0 Å². The molecule has 6 nitrogen and oxygen atoms in total. The van der Waals surface area contributed by atoms with Crippen molar-refractivity contribution in [2.75, 3.05) is 23.3 Å². The van der Waals surface area contributed by atoms with E-state index in [0.29, 0.717) is 30.0 Å². The summed E-state index contributed by atoms with van der Waals surface area (Å²) in [5.41, 5.74) is 2.77. The highest BCUT2D eigenvalue weighted by Crippen LogP contribution is 2.29. The molecule has 1 heterocycles. The molecule has 0 unspecified atom stereocenters. The number of methoxy groups -OCH3 is 1. The summed E-state index contributed by atoms with van der Waals surface area (Å²) in [5.74, 6) is 0.726. The van der Waals surface area contributed by atoms with E-state index in [-0.39, 0.29) is 10.8 Å². The van der Waals surface area contributed by atoms with Gasteiger partial charge in [0.25, 0.3) is 10.0 Å². The minimum absolute atomic E-state index is 0.117. The fourth-order valence-corrected chi connectivity index (χ4v) is 4.62. The molecule has 1 N–H and O–H groups in total. The zero-order chi connectivity index (χ0) is 19.6. The van der Waals surface area contributed by atoms with Crippen molar-refractivity contribution in [3.05, 3.63) is 47.5 Å². The van der Waals surface area contributed by atoms with Gasteiger partial charge in [-0.05, 0) is 74.2 Å². The first kappa shape index (κ1) is 19.2. The van der Waals surface area contributed by atoms with Crippen LogP contribution < -0.4 is 14.4 Å². The number of hydrogen-bond acceptors (Lipinski definition) is 4. The van der Waals surface area contributed by atoms with E-state index in [4.69, 9.17) is 4.74 Å². The molecule has 27 heavy (non-hydrogen) atoms. The minimum atomic E-state index is -3.72. The number of rotatable bonds is 5. The van der Waals surface area contributed by atoms with E-state index in [1.54, 1.807) is 49.3 Å². The zero-order valence-electron chi connectivity index (χ0n) is 15.8. The van der Waals surface area contributed by atoms with Crippen LogP contribution in [0.2, 0.25) is 0 Å². The maximum absolute atomic E-state index is 12.8. The summed E-state index contributed by atoms with van der Waals surface area (Å²) in [6, 6.07) is 10.1. The molecule has 0 aliphatic carbocycles. The van der Waals surface area contributed by atoms with Gasteiger partial charge in [0.1, 0.15) is 5.75 Å². The number of nitrogens with one attached hydrogen (secondary N) is 1. The number of carbonyl (C=O) groups is 1. The summed E-state index contributed by atoms with van der Waals surface area (Å²) in [7, 11) is -2.18. The molecule has 144 valence electrons. The lowest BCUT2D eigenvalue weighted by molar-refractivity contribution is -0.119. The Bertz CT molecular complexity index is 970. The number of amides is 1. The van der Waals surface area contributed by atoms with Crippen molar-refractivity contribution < 1.29 is 17.9 Å². The van der Waals surface area contributed by atoms with Gasteiger partial charge in [-0.25, -0.2) is 8.42 Å². The first-order chi connectivity index (χ1) is 12.8. The molecule has 7 heteroatoms. The van der Waals surface area contributed by atoms with Gasteiger partial charge < -0.3 is 9.64 Å². The maximum atomic E-state index is 12.8. The van der Waals surface area contributed by atoms with Crippen molar-refractivity contribution in [1.82, 2.24) is 0 Å². The van der Waals surface area contributed by atoms with Gasteiger partial charge in [0.15, 0.2) is 0 Å². The molecule has 0 spiro atoms. The molecule has 3 rings (SSSR count). The quantitative estimate of drug-likeness (QED) is 0.849. The summed E-state index contributed by atoms with van der Waals surface area (Å²) in [4.78, 5) is 14.1. The van der Waals surface area contributed by atoms with Gasteiger partial charge in [-0.2, -0.15) is 0 Å². The summed E-state index contributed by atoms with van der Waals surface area (Å²) < 4.78 is 33.3. The number of aryl methyl sites for hydroxylation is 2. The van der Waals surface area contributed by atoms with Crippen LogP contribution in [-0.4, -0.2) is 28.0 Å². The van der Waals surface area contributed by atoms with Crippen LogP contribution in [0, 0.1) is 13.8 Å². The van der Waals surface area contributed by atoms with Crippen LogP contribution >= 0.6 is 0 Å². The Morgan fingerprint density at radius 1 is 1.04 bits per heavy atom. The van der Waals surface area contributed by atoms with E-state index < -0.39 is 10.0 Å². The highest BCUT2D eigenvalue weighted by molar-refractivity contribution is 7.92. The predicted octanol–water partition coefficient (Wildman–Crippen LogP) is 3.63. The number of ether oxygens (including phenoxy) is 1. The van der Waals surface area contributed by atoms with Crippen molar-refractivity contribution in [3.8, 4) is 5.75 Å². The first-order valence-corrected chi connectivity index (χ1v) is 10.4. The molecule has 0 saturated carbocycles. The summed E-state index contributed by atoms with van der Waals surface area (Å²) in [6.07, 6.45) is 2.47. The predicted molar refractivity (Wildman–Crippen MR) is 106 cm³/mol. The molecule has 0 radical (unpaired) electrons. The van der Waals surface area contributed by atoms with E-state index in [1.165, 1.54) is 6.07 Å². The topological polar surface area (TPSA) is 75.7 Å². The highest BCUT2D eigenvalue weighted by Gasteiger charge is 2.22. The second kappa shape index (κ2) is 7.60. The summed E-state index contributed by atoms with van der Waals surface area (Å²) in [6.45, 7) is 4.32. The molecule has 1 saturated heterocycles. The maximum Gasteiger partial charge on any atom is 0.262 e. The van der Waals surface area contributed by atoms with Gasteiger partial charge in [0.05, 0.1) is 12.0 Å². The summed E-state index contributed by atoms with van der Waals surface area (Å²) in [5, 5.41) is 0. The second-order valence-electron chi connectivity index (χ2n) is 6.74. The molecule has 0 aromatic heterocycles. The summed E-state index contributed by atoms with van der Waals surface area (Å²) >= 11 is 0. The van der Waals surface area contributed by atoms with E-state index in [0.717, 1.165) is 24.1 Å². The average molecular weight is 388 g/mol. The number of sulfonamides is 1. The largest absolute Gasteiger partial charge is 0.497 e. The van der Waals surface area contributed by atoms with Gasteiger partial charge in [-0.1, -0.05) is 0 Å². The number of benzene rings is 2. The molecule has 1 aliphatic rings. The Morgan fingerprint density at radius 2 is 1.81 bits per heavy atom. The Hall–Kier alpha value is -2.54. The normalized spacial score (nSPS) is 14.9. The number of anilines is 2. The molecule has 1 amide bonds. The number of carbonyl (C=O) groups excluding carboxylic acids is 1. The third kappa shape index (κ3) is 4.08. The molecular weight excluding hydrogens is 364 g/mol. The van der Waals surface area contributed by atoms with Gasteiger partial charge >= 0.3 is 0 Å². The Labute approximate surface area is 160 Å². The lowest BCUT2D eigenvalue weighted by Gasteiger charge is -2.28. The fourth-order valence-electron chi connectivity index (χ4n) is 3.34. The Balaban J connectivity index is 1.85. The second-order valence-corrected chi connectivity index (χ2v) is 8.39. The monoisotopic (exact) mass is 388 g/mol. The first-order valence-electron chi connectivity index (χ1n) is 8.90. The van der Waals surface area contributed by atoms with Crippen LogP contribution in [0.5, 0.6) is 5.75 Å². The fraction of sp³-hybridized carbons (Fsp3) is 0.350. The third-order valence-corrected chi connectivity index (χ3v) is 6.28. The van der Waals surface area contributed by atoms with E-state index >= 15 is 0 Å². The molecule has 1 aliphatic heterocycles.